The van der Waals surface area contributed by atoms with E-state index in [2.05, 4.69) is 26.2 Å². The molecule has 1 aromatic carbocycles. The molecule has 0 aliphatic carbocycles. The Morgan fingerprint density at radius 1 is 1.53 bits per heavy atom. The minimum atomic E-state index is -0.158. The zero-order chi connectivity index (χ0) is 12.3. The molecule has 0 fully saturated rings. The van der Waals surface area contributed by atoms with Crippen LogP contribution in [-0.2, 0) is 0 Å². The van der Waals surface area contributed by atoms with Crippen LogP contribution in [0, 0.1) is 6.92 Å². The van der Waals surface area contributed by atoms with Crippen molar-refractivity contribution >= 4 is 33.0 Å². The fraction of sp³-hybridized carbons (Fsp3) is 0.250. The topological polar surface area (TPSA) is 45.2 Å². The van der Waals surface area contributed by atoms with Gasteiger partial charge in [0.1, 0.15) is 0 Å². The number of halogens is 1. The molecule has 2 aromatic rings. The summed E-state index contributed by atoms with van der Waals surface area (Å²) in [7, 11) is 0. The van der Waals surface area contributed by atoms with E-state index in [1.54, 1.807) is 11.3 Å². The number of nitrogens with zero attached hydrogens (tertiary/aromatic N) is 1. The Morgan fingerprint density at radius 3 is 2.94 bits per heavy atom. The van der Waals surface area contributed by atoms with E-state index in [1.807, 2.05) is 36.6 Å². The van der Waals surface area contributed by atoms with Crippen molar-refractivity contribution in [1.29, 1.82) is 0 Å². The molecule has 90 valence electrons. The molecular weight excluding hydrogens is 300 g/mol. The lowest BCUT2D eigenvalue weighted by Crippen LogP contribution is -2.15. The highest BCUT2D eigenvalue weighted by Gasteiger charge is 2.13. The lowest BCUT2D eigenvalue weighted by molar-refractivity contribution is 0.274. The van der Waals surface area contributed by atoms with Gasteiger partial charge >= 0.3 is 0 Å². The van der Waals surface area contributed by atoms with Crippen molar-refractivity contribution in [3.63, 3.8) is 0 Å². The standard InChI is InChI=1S/C12H13BrN2OS/c1-8-14-12(7-17-8)11(6-16)15-10-4-2-3-9(13)5-10/h2-5,7,11,15-16H,6H2,1H3. The zero-order valence-corrected chi connectivity index (χ0v) is 11.8. The SMILES string of the molecule is Cc1nc(C(CO)Nc2cccc(Br)c2)cs1. The number of hydrogen-bond donors (Lipinski definition) is 2. The van der Waals surface area contributed by atoms with Crippen molar-refractivity contribution in [2.45, 2.75) is 13.0 Å². The Hall–Kier alpha value is -0.910. The quantitative estimate of drug-likeness (QED) is 0.910. The molecule has 0 radical (unpaired) electrons. The first-order valence-corrected chi connectivity index (χ1v) is 6.91. The van der Waals surface area contributed by atoms with E-state index in [-0.39, 0.29) is 12.6 Å². The second kappa shape index (κ2) is 5.62. The van der Waals surface area contributed by atoms with Crippen molar-refractivity contribution in [2.75, 3.05) is 11.9 Å². The molecule has 5 heteroatoms. The minimum Gasteiger partial charge on any atom is -0.394 e. The van der Waals surface area contributed by atoms with E-state index >= 15 is 0 Å². The molecule has 1 atom stereocenters. The van der Waals surface area contributed by atoms with Crippen LogP contribution in [0.25, 0.3) is 0 Å². The van der Waals surface area contributed by atoms with Crippen LogP contribution < -0.4 is 5.32 Å². The Morgan fingerprint density at radius 2 is 2.35 bits per heavy atom. The third kappa shape index (κ3) is 3.28. The van der Waals surface area contributed by atoms with Crippen molar-refractivity contribution < 1.29 is 5.11 Å². The lowest BCUT2D eigenvalue weighted by atomic mass is 10.2. The van der Waals surface area contributed by atoms with Gasteiger partial charge in [-0.25, -0.2) is 4.98 Å². The predicted octanol–water partition coefficient (Wildman–Crippen LogP) is 3.36. The van der Waals surface area contributed by atoms with Crippen molar-refractivity contribution in [3.05, 3.63) is 44.8 Å². The van der Waals surface area contributed by atoms with Crippen molar-refractivity contribution in [3.8, 4) is 0 Å². The van der Waals surface area contributed by atoms with Gasteiger partial charge in [-0.05, 0) is 25.1 Å². The molecule has 0 amide bonds. The Kier molecular flexibility index (Phi) is 4.15. The third-order valence-corrected chi connectivity index (χ3v) is 3.63. The first-order chi connectivity index (χ1) is 8.19. The molecule has 1 aromatic heterocycles. The number of rotatable bonds is 4. The van der Waals surface area contributed by atoms with Gasteiger partial charge in [0.25, 0.3) is 0 Å². The summed E-state index contributed by atoms with van der Waals surface area (Å²) in [6.45, 7) is 1.98. The Labute approximate surface area is 113 Å². The summed E-state index contributed by atoms with van der Waals surface area (Å²) in [5.74, 6) is 0. The van der Waals surface area contributed by atoms with Crippen LogP contribution in [0.5, 0.6) is 0 Å². The normalized spacial score (nSPS) is 12.4. The Bertz CT molecular complexity index is 501. The maximum Gasteiger partial charge on any atom is 0.0926 e. The minimum absolute atomic E-state index is 0.0235. The number of benzene rings is 1. The fourth-order valence-electron chi connectivity index (χ4n) is 1.53. The van der Waals surface area contributed by atoms with Crippen molar-refractivity contribution in [2.24, 2.45) is 0 Å². The summed E-state index contributed by atoms with van der Waals surface area (Å²) in [6.07, 6.45) is 0. The third-order valence-electron chi connectivity index (χ3n) is 2.34. The van der Waals surface area contributed by atoms with Gasteiger partial charge < -0.3 is 10.4 Å². The maximum absolute atomic E-state index is 9.41. The summed E-state index contributed by atoms with van der Waals surface area (Å²) in [4.78, 5) is 4.38. The van der Waals surface area contributed by atoms with Gasteiger partial charge in [0.15, 0.2) is 0 Å². The summed E-state index contributed by atoms with van der Waals surface area (Å²) in [5.41, 5.74) is 1.85. The zero-order valence-electron chi connectivity index (χ0n) is 9.35. The van der Waals surface area contributed by atoms with Crippen LogP contribution in [0.2, 0.25) is 0 Å². The lowest BCUT2D eigenvalue weighted by Gasteiger charge is -2.15. The molecular formula is C12H13BrN2OS. The molecule has 2 rings (SSSR count). The summed E-state index contributed by atoms with van der Waals surface area (Å²) in [6, 6.07) is 7.70. The van der Waals surface area contributed by atoms with E-state index in [0.29, 0.717) is 0 Å². The summed E-state index contributed by atoms with van der Waals surface area (Å²) in [5, 5.41) is 15.7. The average Bonchev–Trinajstić information content (AvgIpc) is 2.73. The number of thiazole rings is 1. The monoisotopic (exact) mass is 312 g/mol. The van der Waals surface area contributed by atoms with E-state index < -0.39 is 0 Å². The number of hydrogen-bond acceptors (Lipinski definition) is 4. The Balaban J connectivity index is 2.15. The number of nitrogens with one attached hydrogen (secondary N) is 1. The smallest absolute Gasteiger partial charge is 0.0926 e. The summed E-state index contributed by atoms with van der Waals surface area (Å²) < 4.78 is 1.01. The maximum atomic E-state index is 9.41. The van der Waals surface area contributed by atoms with Gasteiger partial charge in [0.05, 0.1) is 23.4 Å². The first kappa shape index (κ1) is 12.5. The summed E-state index contributed by atoms with van der Waals surface area (Å²) >= 11 is 5.01. The van der Waals surface area contributed by atoms with Crippen LogP contribution in [0.1, 0.15) is 16.7 Å². The average molecular weight is 313 g/mol. The molecule has 3 nitrogen and oxygen atoms in total. The molecule has 17 heavy (non-hydrogen) atoms. The highest BCUT2D eigenvalue weighted by Crippen LogP contribution is 2.23. The number of aliphatic hydroxyl groups is 1. The molecule has 1 heterocycles. The molecule has 0 aliphatic heterocycles. The highest BCUT2D eigenvalue weighted by atomic mass is 79.9. The number of aromatic nitrogens is 1. The molecule has 0 saturated heterocycles. The predicted molar refractivity (Wildman–Crippen MR) is 74.4 cm³/mol. The van der Waals surface area contributed by atoms with Crippen LogP contribution in [0.3, 0.4) is 0 Å². The van der Waals surface area contributed by atoms with Crippen molar-refractivity contribution in [1.82, 2.24) is 4.98 Å². The van der Waals surface area contributed by atoms with E-state index in [1.165, 1.54) is 0 Å². The van der Waals surface area contributed by atoms with Gasteiger partial charge in [-0.1, -0.05) is 22.0 Å². The fourth-order valence-corrected chi connectivity index (χ4v) is 2.60. The van der Waals surface area contributed by atoms with E-state index in [0.717, 1.165) is 20.9 Å². The highest BCUT2D eigenvalue weighted by molar-refractivity contribution is 9.10. The van der Waals surface area contributed by atoms with Crippen LogP contribution in [0.4, 0.5) is 5.69 Å². The molecule has 2 N–H and O–H groups in total. The van der Waals surface area contributed by atoms with Gasteiger partial charge in [0, 0.05) is 15.5 Å². The first-order valence-electron chi connectivity index (χ1n) is 5.24. The molecule has 0 bridgehead atoms. The molecule has 0 aliphatic rings. The van der Waals surface area contributed by atoms with Gasteiger partial charge in [-0.2, -0.15) is 0 Å². The number of aliphatic hydroxyl groups excluding tert-OH is 1. The van der Waals surface area contributed by atoms with E-state index in [4.69, 9.17) is 0 Å². The molecule has 0 saturated carbocycles. The van der Waals surface area contributed by atoms with Gasteiger partial charge in [-0.15, -0.1) is 11.3 Å². The second-order valence-corrected chi connectivity index (χ2v) is 5.66. The largest absolute Gasteiger partial charge is 0.394 e. The number of anilines is 1. The van der Waals surface area contributed by atoms with Crippen LogP contribution >= 0.6 is 27.3 Å². The van der Waals surface area contributed by atoms with Gasteiger partial charge in [0.2, 0.25) is 0 Å². The van der Waals surface area contributed by atoms with Crippen LogP contribution in [0.15, 0.2) is 34.1 Å². The van der Waals surface area contributed by atoms with Gasteiger partial charge in [-0.3, -0.25) is 0 Å². The number of aryl methyl sites for hydroxylation is 1. The molecule has 1 unspecified atom stereocenters. The second-order valence-electron chi connectivity index (χ2n) is 3.68. The van der Waals surface area contributed by atoms with E-state index in [9.17, 15) is 5.11 Å². The molecule has 0 spiro atoms. The van der Waals surface area contributed by atoms with Crippen LogP contribution in [-0.4, -0.2) is 16.7 Å².